The van der Waals surface area contributed by atoms with E-state index in [1.54, 1.807) is 0 Å². The number of nitrogens with zero attached hydrogens (tertiary/aromatic N) is 2. The molecule has 1 saturated carbocycles. The Bertz CT molecular complexity index is 442. The van der Waals surface area contributed by atoms with Crippen LogP contribution in [0, 0.1) is 5.92 Å². The first-order valence-corrected chi connectivity index (χ1v) is 9.04. The molecule has 0 aromatic carbocycles. The van der Waals surface area contributed by atoms with Gasteiger partial charge in [-0.3, -0.25) is 0 Å². The summed E-state index contributed by atoms with van der Waals surface area (Å²) in [7, 11) is 0. The summed E-state index contributed by atoms with van der Waals surface area (Å²) < 4.78 is 0.879. The van der Waals surface area contributed by atoms with Crippen LogP contribution in [0.5, 0.6) is 0 Å². The lowest BCUT2D eigenvalue weighted by Crippen LogP contribution is -2.16. The van der Waals surface area contributed by atoms with E-state index in [9.17, 15) is 0 Å². The highest BCUT2D eigenvalue weighted by Gasteiger charge is 2.25. The van der Waals surface area contributed by atoms with E-state index < -0.39 is 0 Å². The molecule has 0 radical (unpaired) electrons. The highest BCUT2D eigenvalue weighted by atomic mass is 79.9. The van der Waals surface area contributed by atoms with Gasteiger partial charge in [0.25, 0.3) is 0 Å². The average molecular weight is 360 g/mol. The smallest absolute Gasteiger partial charge is 0.147 e. The molecule has 0 unspecified atom stereocenters. The van der Waals surface area contributed by atoms with Crippen LogP contribution in [-0.2, 0) is 6.42 Å². The Morgan fingerprint density at radius 2 is 1.80 bits per heavy atom. The van der Waals surface area contributed by atoms with Crippen LogP contribution in [0.4, 0.5) is 0 Å². The summed E-state index contributed by atoms with van der Waals surface area (Å²) in [6, 6.07) is 0. The van der Waals surface area contributed by atoms with Crippen molar-refractivity contribution in [3.8, 4) is 0 Å². The molecule has 112 valence electrons. The van der Waals surface area contributed by atoms with Gasteiger partial charge < -0.3 is 0 Å². The van der Waals surface area contributed by atoms with Gasteiger partial charge in [-0.25, -0.2) is 9.97 Å². The summed E-state index contributed by atoms with van der Waals surface area (Å²) in [4.78, 5) is 9.29. The van der Waals surface area contributed by atoms with E-state index in [0.717, 1.165) is 34.8 Å². The molecule has 1 aliphatic carbocycles. The van der Waals surface area contributed by atoms with Crippen LogP contribution in [0.1, 0.15) is 76.2 Å². The van der Waals surface area contributed by atoms with Gasteiger partial charge in [-0.05, 0) is 54.0 Å². The predicted octanol–water partition coefficient (Wildman–Crippen LogP) is 5.92. The molecule has 1 heterocycles. The maximum atomic E-state index is 6.25. The summed E-state index contributed by atoms with van der Waals surface area (Å²) in [5.41, 5.74) is 1.07. The third kappa shape index (κ3) is 3.94. The van der Waals surface area contributed by atoms with Crippen LogP contribution in [0.15, 0.2) is 4.47 Å². The fourth-order valence-corrected chi connectivity index (χ4v) is 3.75. The van der Waals surface area contributed by atoms with Crippen molar-refractivity contribution in [3.63, 3.8) is 0 Å². The molecule has 4 heteroatoms. The number of rotatable bonds is 5. The van der Waals surface area contributed by atoms with E-state index in [-0.39, 0.29) is 0 Å². The van der Waals surface area contributed by atoms with Crippen molar-refractivity contribution in [1.82, 2.24) is 9.97 Å². The molecule has 0 aliphatic heterocycles. The summed E-state index contributed by atoms with van der Waals surface area (Å²) in [6.45, 7) is 4.44. The van der Waals surface area contributed by atoms with Crippen molar-refractivity contribution < 1.29 is 0 Å². The van der Waals surface area contributed by atoms with Gasteiger partial charge in [0.05, 0.1) is 10.2 Å². The van der Waals surface area contributed by atoms with Crippen LogP contribution in [0.25, 0.3) is 0 Å². The van der Waals surface area contributed by atoms with Gasteiger partial charge in [0, 0.05) is 5.92 Å². The lowest BCUT2D eigenvalue weighted by atomic mass is 9.80. The van der Waals surface area contributed by atoms with Gasteiger partial charge >= 0.3 is 0 Å². The molecule has 1 aromatic rings. The Balaban J connectivity index is 2.09. The SMILES string of the molecule is CCCc1nc(C2CCC(CCC)CC2)nc(Cl)c1Br. The van der Waals surface area contributed by atoms with Crippen LogP contribution < -0.4 is 0 Å². The molecule has 1 aliphatic rings. The van der Waals surface area contributed by atoms with Crippen LogP contribution in [0.2, 0.25) is 5.15 Å². The molecule has 0 amide bonds. The third-order valence-corrected chi connectivity index (χ3v) is 5.63. The Labute approximate surface area is 135 Å². The Morgan fingerprint density at radius 1 is 1.10 bits per heavy atom. The second kappa shape index (κ2) is 7.74. The standard InChI is InChI=1S/C16H24BrClN2/c1-3-5-11-7-9-12(10-8-11)16-19-13(6-4-2)14(17)15(18)20-16/h11-12H,3-10H2,1-2H3. The second-order valence-electron chi connectivity index (χ2n) is 5.89. The highest BCUT2D eigenvalue weighted by Crippen LogP contribution is 2.37. The minimum atomic E-state index is 0.504. The Kier molecular flexibility index (Phi) is 6.28. The van der Waals surface area contributed by atoms with Gasteiger partial charge in [-0.15, -0.1) is 0 Å². The van der Waals surface area contributed by atoms with E-state index in [2.05, 4.69) is 34.8 Å². The average Bonchev–Trinajstić information content (AvgIpc) is 2.45. The topological polar surface area (TPSA) is 25.8 Å². The van der Waals surface area contributed by atoms with E-state index in [1.165, 1.54) is 38.5 Å². The molecular weight excluding hydrogens is 336 g/mol. The number of hydrogen-bond acceptors (Lipinski definition) is 2. The predicted molar refractivity (Wildman–Crippen MR) is 88.3 cm³/mol. The van der Waals surface area contributed by atoms with Gasteiger partial charge in [-0.2, -0.15) is 0 Å². The number of aryl methyl sites for hydroxylation is 1. The molecule has 2 rings (SSSR count). The van der Waals surface area contributed by atoms with Gasteiger partial charge in [-0.1, -0.05) is 44.7 Å². The first-order valence-electron chi connectivity index (χ1n) is 7.87. The number of aromatic nitrogens is 2. The molecule has 0 N–H and O–H groups in total. The quantitative estimate of drug-likeness (QED) is 0.610. The molecular formula is C16H24BrClN2. The lowest BCUT2D eigenvalue weighted by molar-refractivity contribution is 0.302. The Morgan fingerprint density at radius 3 is 2.40 bits per heavy atom. The number of hydrogen-bond donors (Lipinski definition) is 0. The summed E-state index contributed by atoms with van der Waals surface area (Å²) in [5, 5.41) is 0.578. The molecule has 0 bridgehead atoms. The minimum absolute atomic E-state index is 0.504. The minimum Gasteiger partial charge on any atom is -0.236 e. The van der Waals surface area contributed by atoms with Crippen molar-refractivity contribution in [2.45, 2.75) is 71.1 Å². The van der Waals surface area contributed by atoms with Crippen molar-refractivity contribution >= 4 is 27.5 Å². The first-order chi connectivity index (χ1) is 9.65. The highest BCUT2D eigenvalue weighted by molar-refractivity contribution is 9.10. The van der Waals surface area contributed by atoms with Crippen molar-refractivity contribution in [2.75, 3.05) is 0 Å². The fourth-order valence-electron chi connectivity index (χ4n) is 3.18. The normalized spacial score (nSPS) is 23.0. The number of halogens is 2. The zero-order valence-corrected chi connectivity index (χ0v) is 14.8. The second-order valence-corrected chi connectivity index (χ2v) is 7.04. The van der Waals surface area contributed by atoms with Crippen molar-refractivity contribution in [2.24, 2.45) is 5.92 Å². The van der Waals surface area contributed by atoms with Crippen LogP contribution >= 0.6 is 27.5 Å². The fraction of sp³-hybridized carbons (Fsp3) is 0.750. The molecule has 0 saturated heterocycles. The van der Waals surface area contributed by atoms with Crippen molar-refractivity contribution in [1.29, 1.82) is 0 Å². The molecule has 2 nitrogen and oxygen atoms in total. The largest absolute Gasteiger partial charge is 0.236 e. The van der Waals surface area contributed by atoms with Gasteiger partial charge in [0.15, 0.2) is 0 Å². The zero-order chi connectivity index (χ0) is 14.5. The summed E-state index contributed by atoms with van der Waals surface area (Å²) >= 11 is 9.77. The Hall–Kier alpha value is -0.150. The van der Waals surface area contributed by atoms with Crippen LogP contribution in [-0.4, -0.2) is 9.97 Å². The van der Waals surface area contributed by atoms with Crippen LogP contribution in [0.3, 0.4) is 0 Å². The van der Waals surface area contributed by atoms with E-state index in [1.807, 2.05) is 0 Å². The zero-order valence-electron chi connectivity index (χ0n) is 12.5. The van der Waals surface area contributed by atoms with Gasteiger partial charge in [0.2, 0.25) is 0 Å². The molecule has 0 spiro atoms. The summed E-state index contributed by atoms with van der Waals surface area (Å²) in [5.74, 6) is 2.39. The maximum Gasteiger partial charge on any atom is 0.147 e. The summed E-state index contributed by atoms with van der Waals surface area (Å²) in [6.07, 6.45) is 9.78. The van der Waals surface area contributed by atoms with E-state index in [4.69, 9.17) is 16.6 Å². The molecule has 1 fully saturated rings. The third-order valence-electron chi connectivity index (χ3n) is 4.29. The molecule has 0 atom stereocenters. The maximum absolute atomic E-state index is 6.25. The molecule has 20 heavy (non-hydrogen) atoms. The first kappa shape index (κ1) is 16.2. The van der Waals surface area contributed by atoms with Gasteiger partial charge in [0.1, 0.15) is 11.0 Å². The van der Waals surface area contributed by atoms with Crippen molar-refractivity contribution in [3.05, 3.63) is 21.1 Å². The molecule has 1 aromatic heterocycles. The van der Waals surface area contributed by atoms with E-state index in [0.29, 0.717) is 11.1 Å². The van der Waals surface area contributed by atoms with E-state index >= 15 is 0 Å². The lowest BCUT2D eigenvalue weighted by Gasteiger charge is -2.27. The monoisotopic (exact) mass is 358 g/mol.